The van der Waals surface area contributed by atoms with Gasteiger partial charge in [-0.25, -0.2) is 0 Å². The third-order valence-electron chi connectivity index (χ3n) is 2.04. The number of nitrogens with one attached hydrogen (secondary N) is 1. The van der Waals surface area contributed by atoms with Crippen LogP contribution in [0.4, 0.5) is 0 Å². The molecular weight excluding hydrogens is 150 g/mol. The fourth-order valence-corrected chi connectivity index (χ4v) is 1.55. The van der Waals surface area contributed by atoms with Crippen LogP contribution in [0.2, 0.25) is 0 Å². The number of aromatic nitrogens is 1. The van der Waals surface area contributed by atoms with Crippen LogP contribution in [0.15, 0.2) is 18.2 Å². The van der Waals surface area contributed by atoms with Gasteiger partial charge in [-0.15, -0.1) is 0 Å². The second-order valence-electron chi connectivity index (χ2n) is 3.18. The first kappa shape index (κ1) is 7.22. The third kappa shape index (κ3) is 0.961. The van der Waals surface area contributed by atoms with E-state index in [9.17, 15) is 5.11 Å². The maximum atomic E-state index is 9.31. The molecule has 1 heterocycles. The van der Waals surface area contributed by atoms with Crippen LogP contribution in [0.1, 0.15) is 11.3 Å². The highest BCUT2D eigenvalue weighted by molar-refractivity contribution is 5.84. The first-order valence-corrected chi connectivity index (χ1v) is 3.96. The van der Waals surface area contributed by atoms with Gasteiger partial charge in [0.25, 0.3) is 0 Å². The normalized spacial score (nSPS) is 10.8. The van der Waals surface area contributed by atoms with Gasteiger partial charge in [-0.3, -0.25) is 0 Å². The number of H-pyrrole nitrogens is 1. The first-order chi connectivity index (χ1) is 5.66. The fourth-order valence-electron chi connectivity index (χ4n) is 1.55. The summed E-state index contributed by atoms with van der Waals surface area (Å²) in [5.41, 5.74) is 3.32. The lowest BCUT2D eigenvalue weighted by Crippen LogP contribution is -1.76. The minimum atomic E-state index is 0.332. The molecular formula is C10H11NO. The van der Waals surface area contributed by atoms with E-state index in [-0.39, 0.29) is 0 Å². The Morgan fingerprint density at radius 2 is 1.92 bits per heavy atom. The first-order valence-electron chi connectivity index (χ1n) is 3.96. The molecule has 62 valence electrons. The van der Waals surface area contributed by atoms with E-state index in [2.05, 4.69) is 4.98 Å². The molecule has 2 nitrogen and oxygen atoms in total. The Bertz CT molecular complexity index is 429. The van der Waals surface area contributed by atoms with Gasteiger partial charge in [-0.05, 0) is 37.6 Å². The number of hydrogen-bond acceptors (Lipinski definition) is 1. The zero-order valence-electron chi connectivity index (χ0n) is 7.18. The summed E-state index contributed by atoms with van der Waals surface area (Å²) < 4.78 is 0. The maximum absolute atomic E-state index is 9.31. The van der Waals surface area contributed by atoms with Crippen molar-refractivity contribution >= 4 is 10.9 Å². The van der Waals surface area contributed by atoms with E-state index >= 15 is 0 Å². The number of fused-ring (bicyclic) bond motifs is 1. The van der Waals surface area contributed by atoms with Crippen LogP contribution in [0.25, 0.3) is 10.9 Å². The lowest BCUT2D eigenvalue weighted by molar-refractivity contribution is 0.476. The van der Waals surface area contributed by atoms with Gasteiger partial charge >= 0.3 is 0 Å². The van der Waals surface area contributed by atoms with E-state index in [1.165, 1.54) is 0 Å². The summed E-state index contributed by atoms with van der Waals surface area (Å²) in [4.78, 5) is 3.24. The molecule has 0 saturated carbocycles. The van der Waals surface area contributed by atoms with Crippen LogP contribution in [-0.2, 0) is 0 Å². The number of aromatic amines is 1. The predicted molar refractivity (Wildman–Crippen MR) is 49.4 cm³/mol. The molecule has 2 rings (SSSR count). The van der Waals surface area contributed by atoms with Crippen molar-refractivity contribution in [1.82, 2.24) is 4.98 Å². The summed E-state index contributed by atoms with van der Waals surface area (Å²) in [5.74, 6) is 0.332. The molecule has 0 fully saturated rings. The van der Waals surface area contributed by atoms with Crippen molar-refractivity contribution in [3.63, 3.8) is 0 Å². The average molecular weight is 161 g/mol. The lowest BCUT2D eigenvalue weighted by Gasteiger charge is -1.96. The van der Waals surface area contributed by atoms with Crippen LogP contribution < -0.4 is 0 Å². The second-order valence-corrected chi connectivity index (χ2v) is 3.18. The Kier molecular flexibility index (Phi) is 1.37. The van der Waals surface area contributed by atoms with E-state index in [1.807, 2.05) is 19.9 Å². The summed E-state index contributed by atoms with van der Waals surface area (Å²) in [6, 6.07) is 5.56. The number of phenols is 1. The molecule has 0 unspecified atom stereocenters. The number of benzene rings is 1. The number of rotatable bonds is 0. The van der Waals surface area contributed by atoms with Crippen LogP contribution in [0, 0.1) is 13.8 Å². The average Bonchev–Trinajstić information content (AvgIpc) is 2.29. The molecule has 2 aromatic rings. The van der Waals surface area contributed by atoms with Gasteiger partial charge in [-0.2, -0.15) is 0 Å². The predicted octanol–water partition coefficient (Wildman–Crippen LogP) is 2.49. The minimum absolute atomic E-state index is 0.332. The summed E-state index contributed by atoms with van der Waals surface area (Å²) >= 11 is 0. The van der Waals surface area contributed by atoms with E-state index in [0.717, 1.165) is 22.2 Å². The Morgan fingerprint density at radius 3 is 2.67 bits per heavy atom. The maximum Gasteiger partial charge on any atom is 0.116 e. The number of phenolic OH excluding ortho intramolecular Hbond substituents is 1. The Hall–Kier alpha value is -1.44. The third-order valence-corrected chi connectivity index (χ3v) is 2.04. The van der Waals surface area contributed by atoms with Gasteiger partial charge in [0.1, 0.15) is 5.75 Å². The standard InChI is InChI=1S/C10H11NO/c1-6-3-9(12)5-8-4-7(2)11-10(6)8/h3-5,11-12H,1-2H3. The zero-order valence-corrected chi connectivity index (χ0v) is 7.18. The summed E-state index contributed by atoms with van der Waals surface area (Å²) in [5, 5.41) is 10.4. The Balaban J connectivity index is 2.88. The highest BCUT2D eigenvalue weighted by Gasteiger charge is 2.01. The number of hydrogen-bond donors (Lipinski definition) is 2. The molecule has 0 spiro atoms. The van der Waals surface area contributed by atoms with Crippen molar-refractivity contribution in [3.8, 4) is 5.75 Å². The summed E-state index contributed by atoms with van der Waals surface area (Å²) in [6.45, 7) is 3.99. The van der Waals surface area contributed by atoms with E-state index in [4.69, 9.17) is 0 Å². The zero-order chi connectivity index (χ0) is 8.72. The molecule has 2 heteroatoms. The molecule has 0 amide bonds. The fraction of sp³-hybridized carbons (Fsp3) is 0.200. The van der Waals surface area contributed by atoms with Gasteiger partial charge in [0.2, 0.25) is 0 Å². The molecule has 0 atom stereocenters. The molecule has 0 radical (unpaired) electrons. The van der Waals surface area contributed by atoms with Gasteiger partial charge in [0.15, 0.2) is 0 Å². The molecule has 0 aliphatic heterocycles. The largest absolute Gasteiger partial charge is 0.508 e. The van der Waals surface area contributed by atoms with Gasteiger partial charge in [0.05, 0.1) is 0 Å². The van der Waals surface area contributed by atoms with E-state index in [0.29, 0.717) is 5.75 Å². The Morgan fingerprint density at radius 1 is 1.17 bits per heavy atom. The summed E-state index contributed by atoms with van der Waals surface area (Å²) in [7, 11) is 0. The number of aryl methyl sites for hydroxylation is 2. The molecule has 1 aromatic carbocycles. The number of aromatic hydroxyl groups is 1. The quantitative estimate of drug-likeness (QED) is 0.611. The molecule has 0 aliphatic carbocycles. The lowest BCUT2D eigenvalue weighted by atomic mass is 10.1. The Labute approximate surface area is 70.8 Å². The van der Waals surface area contributed by atoms with Crippen molar-refractivity contribution < 1.29 is 5.11 Å². The van der Waals surface area contributed by atoms with Gasteiger partial charge in [0, 0.05) is 16.6 Å². The van der Waals surface area contributed by atoms with Crippen molar-refractivity contribution in [1.29, 1.82) is 0 Å². The smallest absolute Gasteiger partial charge is 0.116 e. The van der Waals surface area contributed by atoms with Crippen LogP contribution in [0.3, 0.4) is 0 Å². The van der Waals surface area contributed by atoms with Crippen LogP contribution in [-0.4, -0.2) is 10.1 Å². The molecule has 2 N–H and O–H groups in total. The second kappa shape index (κ2) is 2.27. The monoisotopic (exact) mass is 161 g/mol. The minimum Gasteiger partial charge on any atom is -0.508 e. The van der Waals surface area contributed by atoms with Crippen LogP contribution >= 0.6 is 0 Å². The van der Waals surface area contributed by atoms with E-state index in [1.54, 1.807) is 12.1 Å². The molecule has 0 saturated heterocycles. The highest BCUT2D eigenvalue weighted by Crippen LogP contribution is 2.23. The topological polar surface area (TPSA) is 36.0 Å². The summed E-state index contributed by atoms with van der Waals surface area (Å²) in [6.07, 6.45) is 0. The van der Waals surface area contributed by atoms with Gasteiger partial charge < -0.3 is 10.1 Å². The van der Waals surface area contributed by atoms with Gasteiger partial charge in [-0.1, -0.05) is 0 Å². The molecule has 1 aromatic heterocycles. The molecule has 0 bridgehead atoms. The molecule has 12 heavy (non-hydrogen) atoms. The van der Waals surface area contributed by atoms with E-state index < -0.39 is 0 Å². The SMILES string of the molecule is Cc1cc2cc(O)cc(C)c2[nH]1. The van der Waals surface area contributed by atoms with Crippen molar-refractivity contribution in [2.75, 3.05) is 0 Å². The van der Waals surface area contributed by atoms with Crippen LogP contribution in [0.5, 0.6) is 5.75 Å². The highest BCUT2D eigenvalue weighted by atomic mass is 16.3. The van der Waals surface area contributed by atoms with Crippen molar-refractivity contribution in [3.05, 3.63) is 29.5 Å². The van der Waals surface area contributed by atoms with Crippen molar-refractivity contribution in [2.45, 2.75) is 13.8 Å². The molecule has 0 aliphatic rings. The van der Waals surface area contributed by atoms with Crippen molar-refractivity contribution in [2.24, 2.45) is 0 Å².